The molecule has 0 amide bonds. The first-order valence-corrected chi connectivity index (χ1v) is 9.72. The predicted octanol–water partition coefficient (Wildman–Crippen LogP) is 4.09. The highest BCUT2D eigenvalue weighted by Gasteiger charge is 2.12. The van der Waals surface area contributed by atoms with Crippen LogP contribution in [0.25, 0.3) is 0 Å². The number of hydrogen-bond donors (Lipinski definition) is 2. The summed E-state index contributed by atoms with van der Waals surface area (Å²) in [7, 11) is -3.30. The van der Waals surface area contributed by atoms with Crippen molar-refractivity contribution in [3.05, 3.63) is 23.2 Å². The normalized spacial score (nSPS) is 17.2. The molecule has 0 unspecified atom stereocenters. The lowest BCUT2D eigenvalue weighted by molar-refractivity contribution is 0.483. The van der Waals surface area contributed by atoms with E-state index in [0.29, 0.717) is 10.7 Å². The predicted molar refractivity (Wildman–Crippen MR) is 89.6 cm³/mol. The van der Waals surface area contributed by atoms with Gasteiger partial charge in [-0.3, -0.25) is 4.72 Å². The molecule has 1 aliphatic rings. The lowest BCUT2D eigenvalue weighted by atomic mass is 10.0. The van der Waals surface area contributed by atoms with Crippen molar-refractivity contribution in [2.45, 2.75) is 38.5 Å². The maximum absolute atomic E-state index is 11.2. The van der Waals surface area contributed by atoms with Gasteiger partial charge in [0.15, 0.2) is 0 Å². The van der Waals surface area contributed by atoms with Gasteiger partial charge in [0.2, 0.25) is 10.0 Å². The molecule has 0 saturated heterocycles. The molecule has 1 aliphatic carbocycles. The summed E-state index contributed by atoms with van der Waals surface area (Å²) in [6.45, 7) is 0.954. The molecule has 0 aliphatic heterocycles. The highest BCUT2D eigenvalue weighted by atomic mass is 35.5. The van der Waals surface area contributed by atoms with Gasteiger partial charge in [0.05, 0.1) is 17.0 Å². The van der Waals surface area contributed by atoms with Crippen LogP contribution >= 0.6 is 11.6 Å². The van der Waals surface area contributed by atoms with Crippen molar-refractivity contribution in [2.75, 3.05) is 22.8 Å². The van der Waals surface area contributed by atoms with Crippen molar-refractivity contribution in [3.8, 4) is 0 Å². The van der Waals surface area contributed by atoms with Crippen molar-refractivity contribution in [1.82, 2.24) is 0 Å². The Balaban J connectivity index is 1.93. The monoisotopic (exact) mass is 330 g/mol. The largest absolute Gasteiger partial charge is 0.385 e. The molecule has 6 heteroatoms. The number of nitrogens with one attached hydrogen (secondary N) is 2. The molecule has 0 bridgehead atoms. The summed E-state index contributed by atoms with van der Waals surface area (Å²) < 4.78 is 24.8. The van der Waals surface area contributed by atoms with Gasteiger partial charge < -0.3 is 5.32 Å². The molecule has 1 aromatic carbocycles. The van der Waals surface area contributed by atoms with Crippen LogP contribution in [0, 0.1) is 5.92 Å². The summed E-state index contributed by atoms with van der Waals surface area (Å²) in [5, 5.41) is 3.82. The minimum atomic E-state index is -3.30. The minimum absolute atomic E-state index is 0.409. The first kappa shape index (κ1) is 16.4. The third-order valence-corrected chi connectivity index (χ3v) is 4.74. The number of rotatable bonds is 5. The van der Waals surface area contributed by atoms with E-state index in [0.717, 1.165) is 24.4 Å². The molecule has 1 saturated carbocycles. The first-order valence-electron chi connectivity index (χ1n) is 7.45. The average molecular weight is 331 g/mol. The Hall–Kier alpha value is -0.940. The number of hydrogen-bond acceptors (Lipinski definition) is 3. The number of sulfonamides is 1. The van der Waals surface area contributed by atoms with Gasteiger partial charge in [0, 0.05) is 12.2 Å². The van der Waals surface area contributed by atoms with E-state index in [-0.39, 0.29) is 0 Å². The molecule has 0 spiro atoms. The van der Waals surface area contributed by atoms with Crippen LogP contribution in [0.5, 0.6) is 0 Å². The van der Waals surface area contributed by atoms with E-state index in [1.54, 1.807) is 12.1 Å². The van der Waals surface area contributed by atoms with Gasteiger partial charge in [0.25, 0.3) is 0 Å². The molecule has 1 aromatic rings. The maximum atomic E-state index is 11.2. The molecular formula is C15H23ClN2O2S. The van der Waals surface area contributed by atoms with Crippen LogP contribution in [0.3, 0.4) is 0 Å². The third-order valence-electron chi connectivity index (χ3n) is 3.83. The molecule has 2 N–H and O–H groups in total. The van der Waals surface area contributed by atoms with Gasteiger partial charge in [-0.1, -0.05) is 37.3 Å². The summed E-state index contributed by atoms with van der Waals surface area (Å²) in [5.74, 6) is 0.722. The van der Waals surface area contributed by atoms with E-state index in [1.165, 1.54) is 38.5 Å². The fraction of sp³-hybridized carbons (Fsp3) is 0.600. The zero-order chi connectivity index (χ0) is 15.3. The minimum Gasteiger partial charge on any atom is -0.385 e. The summed E-state index contributed by atoms with van der Waals surface area (Å²) in [6.07, 6.45) is 9.04. The highest BCUT2D eigenvalue weighted by molar-refractivity contribution is 7.92. The van der Waals surface area contributed by atoms with Crippen molar-refractivity contribution in [3.63, 3.8) is 0 Å². The second-order valence-corrected chi connectivity index (χ2v) is 7.96. The molecule has 21 heavy (non-hydrogen) atoms. The molecule has 1 fully saturated rings. The van der Waals surface area contributed by atoms with E-state index in [1.807, 2.05) is 6.07 Å². The Morgan fingerprint density at radius 3 is 2.43 bits per heavy atom. The molecule has 4 nitrogen and oxygen atoms in total. The number of anilines is 2. The lowest BCUT2D eigenvalue weighted by Crippen LogP contribution is -2.14. The van der Waals surface area contributed by atoms with Gasteiger partial charge in [-0.15, -0.1) is 0 Å². The van der Waals surface area contributed by atoms with Gasteiger partial charge in [0.1, 0.15) is 0 Å². The summed E-state index contributed by atoms with van der Waals surface area (Å²) in [6, 6.07) is 5.32. The second kappa shape index (κ2) is 7.36. The molecule has 0 aromatic heterocycles. The van der Waals surface area contributed by atoms with Crippen LogP contribution in [0.1, 0.15) is 38.5 Å². The maximum Gasteiger partial charge on any atom is 0.229 e. The third kappa shape index (κ3) is 5.75. The van der Waals surface area contributed by atoms with Crippen LogP contribution in [0.4, 0.5) is 11.4 Å². The summed E-state index contributed by atoms with van der Waals surface area (Å²) >= 11 is 6.12. The fourth-order valence-corrected chi connectivity index (χ4v) is 3.60. The van der Waals surface area contributed by atoms with E-state index >= 15 is 0 Å². The molecule has 118 valence electrons. The van der Waals surface area contributed by atoms with Gasteiger partial charge in [-0.05, 0) is 37.0 Å². The number of halogens is 1. The molecular weight excluding hydrogens is 308 g/mol. The van der Waals surface area contributed by atoms with E-state index < -0.39 is 10.0 Å². The first-order chi connectivity index (χ1) is 9.94. The van der Waals surface area contributed by atoms with Gasteiger partial charge in [-0.25, -0.2) is 8.42 Å². The van der Waals surface area contributed by atoms with Gasteiger partial charge >= 0.3 is 0 Å². The van der Waals surface area contributed by atoms with E-state index in [2.05, 4.69) is 10.0 Å². The molecule has 0 atom stereocenters. The zero-order valence-electron chi connectivity index (χ0n) is 12.4. The summed E-state index contributed by atoms with van der Waals surface area (Å²) in [4.78, 5) is 0. The van der Waals surface area contributed by atoms with Crippen LogP contribution in [0.15, 0.2) is 18.2 Å². The van der Waals surface area contributed by atoms with Crippen LogP contribution < -0.4 is 10.0 Å². The SMILES string of the molecule is CS(=O)(=O)Nc1ccc(NCC2CCCCCC2)cc1Cl. The Morgan fingerprint density at radius 2 is 1.86 bits per heavy atom. The quantitative estimate of drug-likeness (QED) is 0.799. The van der Waals surface area contributed by atoms with Crippen molar-refractivity contribution in [2.24, 2.45) is 5.92 Å². The van der Waals surface area contributed by atoms with Gasteiger partial charge in [-0.2, -0.15) is 0 Å². The standard InChI is InChI=1S/C15H23ClN2O2S/c1-21(19,20)18-15-9-8-13(10-14(15)16)17-11-12-6-4-2-3-5-7-12/h8-10,12,17-18H,2-7,11H2,1H3. The Morgan fingerprint density at radius 1 is 1.19 bits per heavy atom. The van der Waals surface area contributed by atoms with Crippen LogP contribution in [-0.4, -0.2) is 21.2 Å². The Kier molecular flexibility index (Phi) is 5.76. The molecule has 0 heterocycles. The Bertz CT molecular complexity index is 567. The van der Waals surface area contributed by atoms with E-state index in [9.17, 15) is 8.42 Å². The average Bonchev–Trinajstić information content (AvgIpc) is 2.66. The smallest absolute Gasteiger partial charge is 0.229 e. The van der Waals surface area contributed by atoms with Crippen LogP contribution in [0.2, 0.25) is 5.02 Å². The highest BCUT2D eigenvalue weighted by Crippen LogP contribution is 2.27. The zero-order valence-corrected chi connectivity index (χ0v) is 13.9. The molecule has 0 radical (unpaired) electrons. The van der Waals surface area contributed by atoms with Crippen molar-refractivity contribution in [1.29, 1.82) is 0 Å². The Labute approximate surface area is 132 Å². The van der Waals surface area contributed by atoms with Crippen molar-refractivity contribution >= 4 is 33.0 Å². The summed E-state index contributed by atoms with van der Waals surface area (Å²) in [5.41, 5.74) is 1.35. The fourth-order valence-electron chi connectivity index (χ4n) is 2.74. The topological polar surface area (TPSA) is 58.2 Å². The second-order valence-electron chi connectivity index (χ2n) is 5.81. The lowest BCUT2D eigenvalue weighted by Gasteiger charge is -2.16. The van der Waals surface area contributed by atoms with Crippen molar-refractivity contribution < 1.29 is 8.42 Å². The van der Waals surface area contributed by atoms with Crippen LogP contribution in [-0.2, 0) is 10.0 Å². The molecule has 2 rings (SSSR count). The number of benzene rings is 1. The van der Waals surface area contributed by atoms with E-state index in [4.69, 9.17) is 11.6 Å².